The molecule has 0 spiro atoms. The molecule has 0 radical (unpaired) electrons. The highest BCUT2D eigenvalue weighted by molar-refractivity contribution is 7.90. The van der Waals surface area contributed by atoms with Crippen molar-refractivity contribution in [3.05, 3.63) is 11.5 Å². The van der Waals surface area contributed by atoms with Gasteiger partial charge in [0, 0.05) is 0 Å². The SMILES string of the molecule is C#CC(C)OS(=O)(=O)C(=C)C. The molecule has 0 N–H and O–H groups in total. The van der Waals surface area contributed by atoms with Crippen molar-refractivity contribution in [2.45, 2.75) is 20.0 Å². The molecule has 0 heterocycles. The minimum Gasteiger partial charge on any atom is -0.250 e. The standard InChI is InChI=1S/C7H10O3S/c1-5-7(4)10-11(8,9)6(2)3/h1,7H,2H2,3-4H3. The molecular formula is C7H10O3S. The second-order valence-electron chi connectivity index (χ2n) is 2.06. The molecule has 3 nitrogen and oxygen atoms in total. The van der Waals surface area contributed by atoms with Gasteiger partial charge in [0.05, 0.1) is 4.91 Å². The number of allylic oxidation sites excluding steroid dienone is 1. The van der Waals surface area contributed by atoms with E-state index in [2.05, 4.69) is 16.7 Å². The Kier molecular flexibility index (Phi) is 3.30. The lowest BCUT2D eigenvalue weighted by molar-refractivity contribution is 0.287. The van der Waals surface area contributed by atoms with Gasteiger partial charge in [-0.1, -0.05) is 12.5 Å². The molecule has 0 aliphatic carbocycles. The van der Waals surface area contributed by atoms with Crippen LogP contribution in [-0.2, 0) is 14.3 Å². The van der Waals surface area contributed by atoms with E-state index >= 15 is 0 Å². The normalized spacial score (nSPS) is 13.5. The summed E-state index contributed by atoms with van der Waals surface area (Å²) in [6.07, 6.45) is 4.17. The zero-order chi connectivity index (χ0) is 9.07. The Hall–Kier alpha value is -0.790. The fourth-order valence-corrected chi connectivity index (χ4v) is 0.900. The van der Waals surface area contributed by atoms with Gasteiger partial charge in [0.1, 0.15) is 6.10 Å². The molecule has 4 heteroatoms. The molecule has 11 heavy (non-hydrogen) atoms. The van der Waals surface area contributed by atoms with E-state index < -0.39 is 16.2 Å². The summed E-state index contributed by atoms with van der Waals surface area (Å²) in [7, 11) is -3.65. The van der Waals surface area contributed by atoms with E-state index in [0.29, 0.717) is 0 Å². The topological polar surface area (TPSA) is 43.4 Å². The van der Waals surface area contributed by atoms with Crippen molar-refractivity contribution in [3.63, 3.8) is 0 Å². The number of hydrogen-bond donors (Lipinski definition) is 0. The van der Waals surface area contributed by atoms with Crippen LogP contribution in [0.3, 0.4) is 0 Å². The lowest BCUT2D eigenvalue weighted by atomic mass is 10.4. The summed E-state index contributed by atoms with van der Waals surface area (Å²) in [5.74, 6) is 2.13. The van der Waals surface area contributed by atoms with Crippen LogP contribution >= 0.6 is 0 Å². The Labute approximate surface area is 67.2 Å². The molecule has 0 saturated heterocycles. The predicted octanol–water partition coefficient (Wildman–Crippen LogP) is 0.888. The van der Waals surface area contributed by atoms with Gasteiger partial charge in [-0.2, -0.15) is 8.42 Å². The molecule has 1 unspecified atom stereocenters. The van der Waals surface area contributed by atoms with E-state index in [9.17, 15) is 8.42 Å². The van der Waals surface area contributed by atoms with Crippen LogP contribution in [0.5, 0.6) is 0 Å². The number of terminal acetylenes is 1. The van der Waals surface area contributed by atoms with Crippen LogP contribution in [0.15, 0.2) is 11.5 Å². The van der Waals surface area contributed by atoms with Crippen LogP contribution < -0.4 is 0 Å². The molecule has 0 aromatic heterocycles. The molecule has 1 atom stereocenters. The third kappa shape index (κ3) is 3.21. The summed E-state index contributed by atoms with van der Waals surface area (Å²) >= 11 is 0. The summed E-state index contributed by atoms with van der Waals surface area (Å²) < 4.78 is 26.2. The summed E-state index contributed by atoms with van der Waals surface area (Å²) in [4.78, 5) is -0.0420. The van der Waals surface area contributed by atoms with Crippen LogP contribution in [0, 0.1) is 12.3 Å². The second kappa shape index (κ2) is 3.56. The predicted molar refractivity (Wildman–Crippen MR) is 43.1 cm³/mol. The average Bonchev–Trinajstić information content (AvgIpc) is 1.86. The quantitative estimate of drug-likeness (QED) is 0.471. The largest absolute Gasteiger partial charge is 0.293 e. The third-order valence-electron chi connectivity index (χ3n) is 0.933. The van der Waals surface area contributed by atoms with Gasteiger partial charge in [-0.15, -0.1) is 6.42 Å². The third-order valence-corrected chi connectivity index (χ3v) is 2.33. The molecular weight excluding hydrogens is 164 g/mol. The van der Waals surface area contributed by atoms with Crippen molar-refractivity contribution in [2.24, 2.45) is 0 Å². The molecule has 0 aromatic carbocycles. The smallest absolute Gasteiger partial charge is 0.250 e. The summed E-state index contributed by atoms with van der Waals surface area (Å²) in [5.41, 5.74) is 0. The van der Waals surface area contributed by atoms with Gasteiger partial charge >= 0.3 is 0 Å². The second-order valence-corrected chi connectivity index (χ2v) is 3.86. The maximum atomic E-state index is 10.9. The molecule has 0 aromatic rings. The average molecular weight is 174 g/mol. The van der Waals surface area contributed by atoms with Crippen LogP contribution in [0.1, 0.15) is 13.8 Å². The van der Waals surface area contributed by atoms with Crippen molar-refractivity contribution < 1.29 is 12.6 Å². The first-order valence-corrected chi connectivity index (χ1v) is 4.36. The van der Waals surface area contributed by atoms with Gasteiger partial charge in [0.15, 0.2) is 0 Å². The van der Waals surface area contributed by atoms with Crippen molar-refractivity contribution in [3.8, 4) is 12.3 Å². The molecule has 0 aliphatic rings. The highest BCUT2D eigenvalue weighted by Crippen LogP contribution is 2.07. The van der Waals surface area contributed by atoms with Gasteiger partial charge in [0.25, 0.3) is 10.1 Å². The Morgan fingerprint density at radius 1 is 1.73 bits per heavy atom. The summed E-state index contributed by atoms with van der Waals surface area (Å²) in [6, 6.07) is 0. The first-order chi connectivity index (χ1) is 4.90. The van der Waals surface area contributed by atoms with Crippen LogP contribution in [0.4, 0.5) is 0 Å². The number of hydrogen-bond acceptors (Lipinski definition) is 3. The van der Waals surface area contributed by atoms with Crippen LogP contribution in [-0.4, -0.2) is 14.5 Å². The molecule has 0 saturated carbocycles. The van der Waals surface area contributed by atoms with Gasteiger partial charge in [-0.05, 0) is 13.8 Å². The first-order valence-electron chi connectivity index (χ1n) is 2.95. The van der Waals surface area contributed by atoms with E-state index in [0.717, 1.165) is 0 Å². The minimum absolute atomic E-state index is 0.0420. The van der Waals surface area contributed by atoms with Gasteiger partial charge < -0.3 is 0 Å². The lowest BCUT2D eigenvalue weighted by Gasteiger charge is -2.05. The monoisotopic (exact) mass is 174 g/mol. The fourth-order valence-electron chi connectivity index (χ4n) is 0.300. The zero-order valence-electron chi connectivity index (χ0n) is 6.49. The summed E-state index contributed by atoms with van der Waals surface area (Å²) in [5, 5.41) is 0. The lowest BCUT2D eigenvalue weighted by Crippen LogP contribution is -2.13. The van der Waals surface area contributed by atoms with Crippen LogP contribution in [0.25, 0.3) is 0 Å². The molecule has 0 fully saturated rings. The Balaban J connectivity index is 4.42. The van der Waals surface area contributed by atoms with Crippen molar-refractivity contribution in [1.82, 2.24) is 0 Å². The highest BCUT2D eigenvalue weighted by Gasteiger charge is 2.14. The van der Waals surface area contributed by atoms with Crippen molar-refractivity contribution >= 4 is 10.1 Å². The van der Waals surface area contributed by atoms with Crippen molar-refractivity contribution in [2.75, 3.05) is 0 Å². The molecule has 0 bridgehead atoms. The Morgan fingerprint density at radius 3 is 2.45 bits per heavy atom. The molecule has 0 amide bonds. The van der Waals surface area contributed by atoms with Gasteiger partial charge in [-0.3, -0.25) is 4.18 Å². The van der Waals surface area contributed by atoms with Crippen molar-refractivity contribution in [1.29, 1.82) is 0 Å². The van der Waals surface area contributed by atoms with E-state index in [1.807, 2.05) is 0 Å². The van der Waals surface area contributed by atoms with E-state index in [1.165, 1.54) is 13.8 Å². The van der Waals surface area contributed by atoms with Gasteiger partial charge in [-0.25, -0.2) is 0 Å². The Morgan fingerprint density at radius 2 is 2.18 bits per heavy atom. The maximum absolute atomic E-state index is 10.9. The molecule has 0 rings (SSSR count). The van der Waals surface area contributed by atoms with E-state index in [4.69, 9.17) is 6.42 Å². The molecule has 0 aliphatic heterocycles. The highest BCUT2D eigenvalue weighted by atomic mass is 32.2. The van der Waals surface area contributed by atoms with E-state index in [1.54, 1.807) is 0 Å². The van der Waals surface area contributed by atoms with Crippen LogP contribution in [0.2, 0.25) is 0 Å². The minimum atomic E-state index is -3.65. The zero-order valence-corrected chi connectivity index (χ0v) is 7.31. The molecule has 62 valence electrons. The number of rotatable bonds is 3. The fraction of sp³-hybridized carbons (Fsp3) is 0.429. The summed E-state index contributed by atoms with van der Waals surface area (Å²) in [6.45, 7) is 6.05. The first kappa shape index (κ1) is 10.2. The maximum Gasteiger partial charge on any atom is 0.293 e. The van der Waals surface area contributed by atoms with Gasteiger partial charge in [0.2, 0.25) is 0 Å². The Bertz CT molecular complexity index is 281. The van der Waals surface area contributed by atoms with E-state index in [-0.39, 0.29) is 4.91 Å².